The predicted octanol–water partition coefficient (Wildman–Crippen LogP) is 2.77. The van der Waals surface area contributed by atoms with Crippen LogP contribution in [0.2, 0.25) is 0 Å². The zero-order valence-electron chi connectivity index (χ0n) is 8.23. The molecule has 0 aliphatic carbocycles. The van der Waals surface area contributed by atoms with Crippen LogP contribution in [0.3, 0.4) is 0 Å². The Morgan fingerprint density at radius 1 is 0.600 bits per heavy atom. The van der Waals surface area contributed by atoms with E-state index in [2.05, 4.69) is 34.1 Å². The van der Waals surface area contributed by atoms with Gasteiger partial charge in [0.15, 0.2) is 0 Å². The topological polar surface area (TPSA) is 0 Å². The predicted molar refractivity (Wildman–Crippen MR) is 63.2 cm³/mol. The first-order valence-corrected chi connectivity index (χ1v) is 5.83. The molecular weight excluding hydrogens is 232 g/mol. The van der Waals surface area contributed by atoms with Crippen molar-refractivity contribution in [2.75, 3.05) is 0 Å². The van der Waals surface area contributed by atoms with E-state index < -0.39 is 0 Å². The summed E-state index contributed by atoms with van der Waals surface area (Å²) in [6.07, 6.45) is 0. The molecule has 0 unspecified atom stereocenters. The third-order valence-corrected chi connectivity index (χ3v) is 2.84. The van der Waals surface area contributed by atoms with Gasteiger partial charge in [-0.1, -0.05) is 0 Å². The Balaban J connectivity index is 2.16. The molecule has 2 aromatic rings. The SMILES string of the molecule is [CH](=[Cu]=[CH]c1ccccc1)c1ccccc1. The number of hydrogen-bond acceptors (Lipinski definition) is 0. The molecule has 0 atom stereocenters. The molecule has 0 aromatic heterocycles. The van der Waals surface area contributed by atoms with Crippen LogP contribution in [0.1, 0.15) is 11.1 Å². The van der Waals surface area contributed by atoms with Crippen molar-refractivity contribution in [3.63, 3.8) is 0 Å². The second-order valence-electron chi connectivity index (χ2n) is 3.10. The summed E-state index contributed by atoms with van der Waals surface area (Å²) in [4.78, 5) is 4.27. The first-order chi connectivity index (χ1) is 7.45. The molecule has 0 N–H and O–H groups in total. The Morgan fingerprint density at radius 2 is 1.00 bits per heavy atom. The van der Waals surface area contributed by atoms with Crippen molar-refractivity contribution in [2.45, 2.75) is 0 Å². The van der Waals surface area contributed by atoms with Gasteiger partial charge in [0.25, 0.3) is 0 Å². The van der Waals surface area contributed by atoms with E-state index in [1.165, 1.54) is 11.1 Å². The van der Waals surface area contributed by atoms with Crippen molar-refractivity contribution in [1.29, 1.82) is 0 Å². The molecule has 79 valence electrons. The normalized spacial score (nSPS) is 9.87. The standard InChI is InChI=1S/2C7H6.Cu/c2*1-7-5-3-2-4-6-7;/h2*1-6H;. The summed E-state index contributed by atoms with van der Waals surface area (Å²) in [5, 5.41) is 0. The quantitative estimate of drug-likeness (QED) is 0.712. The zero-order chi connectivity index (χ0) is 10.3. The van der Waals surface area contributed by atoms with Crippen molar-refractivity contribution >= 4 is 9.84 Å². The van der Waals surface area contributed by atoms with E-state index in [0.29, 0.717) is 0 Å². The van der Waals surface area contributed by atoms with Gasteiger partial charge in [0.1, 0.15) is 0 Å². The molecule has 0 nitrogen and oxygen atoms in total. The molecule has 0 saturated heterocycles. The first kappa shape index (κ1) is 10.2. The van der Waals surface area contributed by atoms with E-state index in [9.17, 15) is 0 Å². The Labute approximate surface area is 95.8 Å². The first-order valence-electron chi connectivity index (χ1n) is 4.75. The van der Waals surface area contributed by atoms with Crippen molar-refractivity contribution in [3.8, 4) is 0 Å². The van der Waals surface area contributed by atoms with Gasteiger partial charge in [-0.3, -0.25) is 0 Å². The Morgan fingerprint density at radius 3 is 1.40 bits per heavy atom. The monoisotopic (exact) mass is 243 g/mol. The van der Waals surface area contributed by atoms with Gasteiger partial charge in [-0.05, 0) is 0 Å². The van der Waals surface area contributed by atoms with Gasteiger partial charge in [-0.2, -0.15) is 0 Å². The molecule has 0 aliphatic heterocycles. The van der Waals surface area contributed by atoms with Crippen LogP contribution in [-0.2, 0) is 14.1 Å². The van der Waals surface area contributed by atoms with Crippen LogP contribution >= 0.6 is 0 Å². The second kappa shape index (κ2) is 5.55. The number of rotatable bonds is 2. The van der Waals surface area contributed by atoms with Crippen molar-refractivity contribution in [3.05, 3.63) is 71.8 Å². The van der Waals surface area contributed by atoms with Gasteiger partial charge < -0.3 is 0 Å². The molecule has 0 heterocycles. The van der Waals surface area contributed by atoms with Crippen molar-refractivity contribution < 1.29 is 14.1 Å². The molecule has 15 heavy (non-hydrogen) atoms. The summed E-state index contributed by atoms with van der Waals surface area (Å²) in [6, 6.07) is 20.7. The van der Waals surface area contributed by atoms with Crippen LogP contribution in [0.15, 0.2) is 60.7 Å². The Bertz CT molecular complexity index is 422. The second-order valence-corrected chi connectivity index (χ2v) is 3.95. The zero-order valence-corrected chi connectivity index (χ0v) is 9.17. The Kier molecular flexibility index (Phi) is 3.78. The van der Waals surface area contributed by atoms with Crippen LogP contribution in [0.5, 0.6) is 0 Å². The molecular formula is C14H12Cu. The number of hydrogen-bond donors (Lipinski definition) is 0. The van der Waals surface area contributed by atoms with Crippen molar-refractivity contribution in [1.82, 2.24) is 0 Å². The minimum absolute atomic E-state index is 1.24. The summed E-state index contributed by atoms with van der Waals surface area (Å²) < 4.78 is 0. The third-order valence-electron chi connectivity index (χ3n) is 1.90. The molecule has 2 aromatic carbocycles. The molecule has 0 spiro atoms. The fourth-order valence-corrected chi connectivity index (χ4v) is 1.97. The van der Waals surface area contributed by atoms with Crippen LogP contribution < -0.4 is 0 Å². The fourth-order valence-electron chi connectivity index (χ4n) is 1.16. The molecule has 2 rings (SSSR count). The van der Waals surface area contributed by atoms with Gasteiger partial charge in [0.05, 0.1) is 0 Å². The Hall–Kier alpha value is -1.30. The number of benzene rings is 2. The van der Waals surface area contributed by atoms with E-state index in [4.69, 9.17) is 0 Å². The maximum atomic E-state index is 2.14. The summed E-state index contributed by atoms with van der Waals surface area (Å²) in [6.45, 7) is 0. The third kappa shape index (κ3) is 3.39. The van der Waals surface area contributed by atoms with Crippen LogP contribution in [-0.4, -0.2) is 9.84 Å². The summed E-state index contributed by atoms with van der Waals surface area (Å²) >= 11 is 1.80. The van der Waals surface area contributed by atoms with E-state index in [1.807, 2.05) is 36.4 Å². The minimum atomic E-state index is 1.24. The fraction of sp³-hybridized carbons (Fsp3) is 0. The van der Waals surface area contributed by atoms with Gasteiger partial charge in [-0.15, -0.1) is 0 Å². The summed E-state index contributed by atoms with van der Waals surface area (Å²) in [5.41, 5.74) is 2.48. The van der Waals surface area contributed by atoms with Gasteiger partial charge in [-0.25, -0.2) is 0 Å². The van der Waals surface area contributed by atoms with E-state index in [-0.39, 0.29) is 0 Å². The van der Waals surface area contributed by atoms with Gasteiger partial charge in [0.2, 0.25) is 0 Å². The average Bonchev–Trinajstić information content (AvgIpc) is 2.32. The molecule has 0 saturated carbocycles. The average molecular weight is 244 g/mol. The molecule has 1 heteroatoms. The van der Waals surface area contributed by atoms with Crippen molar-refractivity contribution in [2.24, 2.45) is 0 Å². The maximum absolute atomic E-state index is 2.14. The van der Waals surface area contributed by atoms with E-state index in [1.54, 1.807) is 14.1 Å². The summed E-state index contributed by atoms with van der Waals surface area (Å²) in [5.74, 6) is 0. The summed E-state index contributed by atoms with van der Waals surface area (Å²) in [7, 11) is 0. The van der Waals surface area contributed by atoms with Crippen LogP contribution in [0.4, 0.5) is 0 Å². The molecule has 0 aliphatic rings. The molecule has 0 fully saturated rings. The van der Waals surface area contributed by atoms with E-state index in [0.717, 1.165) is 0 Å². The molecule has 0 amide bonds. The van der Waals surface area contributed by atoms with Gasteiger partial charge in [0, 0.05) is 0 Å². The van der Waals surface area contributed by atoms with E-state index >= 15 is 0 Å². The molecule has 0 radical (unpaired) electrons. The van der Waals surface area contributed by atoms with Crippen LogP contribution in [0.25, 0.3) is 0 Å². The van der Waals surface area contributed by atoms with Crippen LogP contribution in [0, 0.1) is 0 Å². The molecule has 0 bridgehead atoms. The van der Waals surface area contributed by atoms with Gasteiger partial charge >= 0.3 is 95.7 Å².